The molecule has 0 unspecified atom stereocenters. The number of halogens is 1. The van der Waals surface area contributed by atoms with Crippen molar-refractivity contribution in [1.82, 2.24) is 14.8 Å². The first-order valence-corrected chi connectivity index (χ1v) is 7.07. The summed E-state index contributed by atoms with van der Waals surface area (Å²) in [5.41, 5.74) is 1.91. The zero-order valence-corrected chi connectivity index (χ0v) is 12.4. The summed E-state index contributed by atoms with van der Waals surface area (Å²) in [7, 11) is 0. The molecule has 0 aliphatic carbocycles. The number of rotatable bonds is 5. The van der Waals surface area contributed by atoms with Crippen molar-refractivity contribution in [3.8, 4) is 16.9 Å². The van der Waals surface area contributed by atoms with Crippen molar-refractivity contribution in [3.63, 3.8) is 0 Å². The molecule has 110 valence electrons. The summed E-state index contributed by atoms with van der Waals surface area (Å²) in [5, 5.41) is 8.45. The summed E-state index contributed by atoms with van der Waals surface area (Å²) >= 11 is 6.23. The van der Waals surface area contributed by atoms with Gasteiger partial charge in [-0.2, -0.15) is 5.10 Å². The van der Waals surface area contributed by atoms with Gasteiger partial charge in [0, 0.05) is 5.56 Å². The molecule has 0 aliphatic rings. The van der Waals surface area contributed by atoms with Crippen LogP contribution in [0.25, 0.3) is 11.1 Å². The maximum Gasteiger partial charge on any atom is 0.184 e. The first-order chi connectivity index (χ1) is 10.8. The molecule has 1 aromatic heterocycles. The third-order valence-corrected chi connectivity index (χ3v) is 3.30. The van der Waals surface area contributed by atoms with Gasteiger partial charge in [0.05, 0.1) is 17.8 Å². The smallest absolute Gasteiger partial charge is 0.184 e. The SMILES string of the molecule is Clc1cccc(-c2ccccc2)c1O/N=C/Cn1cncn1. The maximum absolute atomic E-state index is 6.23. The van der Waals surface area contributed by atoms with E-state index in [4.69, 9.17) is 16.4 Å². The van der Waals surface area contributed by atoms with Crippen molar-refractivity contribution in [1.29, 1.82) is 0 Å². The van der Waals surface area contributed by atoms with Gasteiger partial charge in [-0.15, -0.1) is 0 Å². The number of aromatic nitrogens is 3. The van der Waals surface area contributed by atoms with Gasteiger partial charge in [-0.05, 0) is 11.6 Å². The van der Waals surface area contributed by atoms with Crippen molar-refractivity contribution in [2.45, 2.75) is 6.54 Å². The van der Waals surface area contributed by atoms with Crippen molar-refractivity contribution in [3.05, 3.63) is 66.2 Å². The Labute approximate surface area is 132 Å². The number of para-hydroxylation sites is 1. The summed E-state index contributed by atoms with van der Waals surface area (Å²) in [4.78, 5) is 9.35. The standard InChI is InChI=1S/C16H13ClN4O/c17-15-8-4-7-14(13-5-2-1-3-6-13)16(15)22-20-9-10-21-12-18-11-19-21/h1-9,11-12H,10H2/b20-9+. The number of benzene rings is 2. The van der Waals surface area contributed by atoms with Crippen LogP contribution in [0.1, 0.15) is 0 Å². The topological polar surface area (TPSA) is 52.3 Å². The van der Waals surface area contributed by atoms with Gasteiger partial charge in [0.25, 0.3) is 0 Å². The van der Waals surface area contributed by atoms with Crippen LogP contribution in [0.5, 0.6) is 5.75 Å². The lowest BCUT2D eigenvalue weighted by molar-refractivity contribution is 0.343. The first-order valence-electron chi connectivity index (χ1n) is 6.70. The Kier molecular flexibility index (Phi) is 4.46. The fourth-order valence-corrected chi connectivity index (χ4v) is 2.19. The van der Waals surface area contributed by atoms with E-state index in [1.54, 1.807) is 23.3 Å². The van der Waals surface area contributed by atoms with Gasteiger partial charge >= 0.3 is 0 Å². The number of nitrogens with zero attached hydrogens (tertiary/aromatic N) is 4. The van der Waals surface area contributed by atoms with E-state index in [1.165, 1.54) is 6.33 Å². The van der Waals surface area contributed by atoms with Gasteiger partial charge in [0.1, 0.15) is 12.7 Å². The fraction of sp³-hybridized carbons (Fsp3) is 0.0625. The summed E-state index contributed by atoms with van der Waals surface area (Å²) in [6.45, 7) is 0.477. The lowest BCUT2D eigenvalue weighted by Gasteiger charge is -2.09. The second-order valence-electron chi connectivity index (χ2n) is 4.48. The van der Waals surface area contributed by atoms with Crippen molar-refractivity contribution >= 4 is 17.8 Å². The normalized spacial score (nSPS) is 11.0. The van der Waals surface area contributed by atoms with E-state index < -0.39 is 0 Å². The highest BCUT2D eigenvalue weighted by Crippen LogP contribution is 2.36. The Morgan fingerprint density at radius 3 is 2.77 bits per heavy atom. The van der Waals surface area contributed by atoms with E-state index in [9.17, 15) is 0 Å². The van der Waals surface area contributed by atoms with Gasteiger partial charge in [0.2, 0.25) is 0 Å². The second kappa shape index (κ2) is 6.87. The maximum atomic E-state index is 6.23. The zero-order chi connectivity index (χ0) is 15.2. The van der Waals surface area contributed by atoms with E-state index in [-0.39, 0.29) is 0 Å². The van der Waals surface area contributed by atoms with E-state index in [1.807, 2.05) is 42.5 Å². The van der Waals surface area contributed by atoms with Crippen molar-refractivity contribution < 1.29 is 4.84 Å². The third-order valence-electron chi connectivity index (χ3n) is 3.01. The van der Waals surface area contributed by atoms with Gasteiger partial charge < -0.3 is 4.84 Å². The minimum atomic E-state index is 0.477. The minimum Gasteiger partial charge on any atom is -0.355 e. The van der Waals surface area contributed by atoms with E-state index in [0.717, 1.165) is 11.1 Å². The lowest BCUT2D eigenvalue weighted by atomic mass is 10.1. The van der Waals surface area contributed by atoms with E-state index in [2.05, 4.69) is 15.2 Å². The van der Waals surface area contributed by atoms with E-state index in [0.29, 0.717) is 17.3 Å². The summed E-state index contributed by atoms with van der Waals surface area (Å²) in [6, 6.07) is 15.5. The molecular formula is C16H13ClN4O. The van der Waals surface area contributed by atoms with Crippen LogP contribution < -0.4 is 4.84 Å². The molecule has 0 radical (unpaired) electrons. The fourth-order valence-electron chi connectivity index (χ4n) is 1.98. The van der Waals surface area contributed by atoms with Crippen LogP contribution >= 0.6 is 11.6 Å². The zero-order valence-electron chi connectivity index (χ0n) is 11.6. The Morgan fingerprint density at radius 1 is 1.14 bits per heavy atom. The van der Waals surface area contributed by atoms with Crippen LogP contribution in [0.4, 0.5) is 0 Å². The Hall–Kier alpha value is -2.66. The molecule has 0 atom stereocenters. The molecule has 0 amide bonds. The molecule has 0 saturated heterocycles. The molecule has 6 heteroatoms. The van der Waals surface area contributed by atoms with Crippen LogP contribution in [0.15, 0.2) is 66.3 Å². The largest absolute Gasteiger partial charge is 0.355 e. The molecule has 5 nitrogen and oxygen atoms in total. The quantitative estimate of drug-likeness (QED) is 0.533. The van der Waals surface area contributed by atoms with Crippen molar-refractivity contribution in [2.24, 2.45) is 5.16 Å². The Bertz CT molecular complexity index is 757. The second-order valence-corrected chi connectivity index (χ2v) is 4.89. The van der Waals surface area contributed by atoms with Crippen LogP contribution in [-0.4, -0.2) is 21.0 Å². The van der Waals surface area contributed by atoms with Crippen LogP contribution in [-0.2, 0) is 6.54 Å². The molecular weight excluding hydrogens is 300 g/mol. The molecule has 0 bridgehead atoms. The monoisotopic (exact) mass is 312 g/mol. The van der Waals surface area contributed by atoms with Crippen LogP contribution in [0.3, 0.4) is 0 Å². The summed E-state index contributed by atoms with van der Waals surface area (Å²) in [6.07, 6.45) is 4.68. The van der Waals surface area contributed by atoms with Crippen LogP contribution in [0.2, 0.25) is 5.02 Å². The molecule has 0 aliphatic heterocycles. The number of hydrogen-bond donors (Lipinski definition) is 0. The summed E-state index contributed by atoms with van der Waals surface area (Å²) in [5.74, 6) is 0.533. The lowest BCUT2D eigenvalue weighted by Crippen LogP contribution is -2.00. The molecule has 1 heterocycles. The van der Waals surface area contributed by atoms with Crippen molar-refractivity contribution in [2.75, 3.05) is 0 Å². The molecule has 3 aromatic rings. The molecule has 0 N–H and O–H groups in total. The van der Waals surface area contributed by atoms with Crippen LogP contribution in [0, 0.1) is 0 Å². The highest BCUT2D eigenvalue weighted by atomic mass is 35.5. The molecule has 0 spiro atoms. The Balaban J connectivity index is 1.79. The highest BCUT2D eigenvalue weighted by Gasteiger charge is 2.10. The summed E-state index contributed by atoms with van der Waals surface area (Å²) < 4.78 is 1.64. The predicted octanol–water partition coefficient (Wildman–Crippen LogP) is 3.66. The molecule has 2 aromatic carbocycles. The minimum absolute atomic E-state index is 0.477. The molecule has 3 rings (SSSR count). The Morgan fingerprint density at radius 2 is 2.00 bits per heavy atom. The number of oxime groups is 1. The number of hydrogen-bond acceptors (Lipinski definition) is 4. The first kappa shape index (κ1) is 14.3. The van der Waals surface area contributed by atoms with Gasteiger partial charge in [0.15, 0.2) is 5.75 Å². The van der Waals surface area contributed by atoms with E-state index >= 15 is 0 Å². The third kappa shape index (κ3) is 3.32. The molecule has 0 fully saturated rings. The molecule has 22 heavy (non-hydrogen) atoms. The highest BCUT2D eigenvalue weighted by molar-refractivity contribution is 6.32. The predicted molar refractivity (Wildman–Crippen MR) is 86.0 cm³/mol. The average molecular weight is 313 g/mol. The molecule has 0 saturated carbocycles. The average Bonchev–Trinajstić information content (AvgIpc) is 3.07. The van der Waals surface area contributed by atoms with Gasteiger partial charge in [-0.1, -0.05) is 59.2 Å². The van der Waals surface area contributed by atoms with Gasteiger partial charge in [-0.25, -0.2) is 9.67 Å². The van der Waals surface area contributed by atoms with Gasteiger partial charge in [-0.3, -0.25) is 0 Å².